The summed E-state index contributed by atoms with van der Waals surface area (Å²) in [5.74, 6) is 9.60. The number of thiophene rings is 1. The van der Waals surface area contributed by atoms with Crippen LogP contribution < -0.4 is 0 Å². The lowest BCUT2D eigenvalue weighted by molar-refractivity contribution is 0.660. The molecule has 0 bridgehead atoms. The molecule has 0 nitrogen and oxygen atoms in total. The Morgan fingerprint density at radius 1 is 0.719 bits per heavy atom. The van der Waals surface area contributed by atoms with Gasteiger partial charge in [0.1, 0.15) is 0 Å². The van der Waals surface area contributed by atoms with Crippen LogP contribution in [0.5, 0.6) is 0 Å². The van der Waals surface area contributed by atoms with Crippen LogP contribution in [0.1, 0.15) is 41.7 Å². The number of hydrogen-bond donors (Lipinski definition) is 0. The minimum absolute atomic E-state index is 0.00709. The van der Waals surface area contributed by atoms with Crippen molar-refractivity contribution >= 4 is 31.5 Å². The molecule has 1 heteroatoms. The third kappa shape index (κ3) is 2.73. The summed E-state index contributed by atoms with van der Waals surface area (Å²) in [6.45, 7) is 4.60. The Labute approximate surface area is 192 Å². The van der Waals surface area contributed by atoms with E-state index in [1.165, 1.54) is 42.4 Å². The van der Waals surface area contributed by atoms with E-state index in [0.717, 1.165) is 16.7 Å². The topological polar surface area (TPSA) is 0 Å². The van der Waals surface area contributed by atoms with Gasteiger partial charge in [-0.1, -0.05) is 74.1 Å². The van der Waals surface area contributed by atoms with E-state index in [-0.39, 0.29) is 5.41 Å². The molecular formula is C31H20S. The molecule has 1 aliphatic rings. The van der Waals surface area contributed by atoms with Gasteiger partial charge in [-0.3, -0.25) is 0 Å². The Kier molecular flexibility index (Phi) is 4.06. The van der Waals surface area contributed by atoms with Crippen molar-refractivity contribution in [3.63, 3.8) is 0 Å². The van der Waals surface area contributed by atoms with Crippen LogP contribution in [-0.4, -0.2) is 0 Å². The molecule has 5 aromatic rings. The van der Waals surface area contributed by atoms with Crippen molar-refractivity contribution in [2.75, 3.05) is 0 Å². The van der Waals surface area contributed by atoms with Crippen molar-refractivity contribution in [2.24, 2.45) is 0 Å². The van der Waals surface area contributed by atoms with Gasteiger partial charge in [-0.05, 0) is 58.7 Å². The summed E-state index contributed by atoms with van der Waals surface area (Å²) in [7, 11) is 0. The molecule has 0 aliphatic heterocycles. The van der Waals surface area contributed by atoms with Crippen molar-refractivity contribution in [1.82, 2.24) is 0 Å². The van der Waals surface area contributed by atoms with Crippen LogP contribution in [0.25, 0.3) is 31.3 Å². The van der Waals surface area contributed by atoms with Crippen LogP contribution in [0.2, 0.25) is 0 Å². The third-order valence-electron chi connectivity index (χ3n) is 6.59. The summed E-state index contributed by atoms with van der Waals surface area (Å²) in [5, 5.41) is 2.43. The average Bonchev–Trinajstić information content (AvgIpc) is 3.30. The van der Waals surface area contributed by atoms with Gasteiger partial charge in [0.15, 0.2) is 0 Å². The van der Waals surface area contributed by atoms with Gasteiger partial charge < -0.3 is 0 Å². The number of rotatable bonds is 0. The summed E-state index contributed by atoms with van der Waals surface area (Å²) in [4.78, 5) is 0. The Morgan fingerprint density at radius 2 is 1.47 bits per heavy atom. The van der Waals surface area contributed by atoms with E-state index in [4.69, 9.17) is 6.42 Å². The van der Waals surface area contributed by atoms with Crippen molar-refractivity contribution in [2.45, 2.75) is 19.3 Å². The maximum absolute atomic E-state index is 5.70. The highest BCUT2D eigenvalue weighted by Gasteiger charge is 2.34. The molecule has 0 N–H and O–H groups in total. The molecule has 1 aromatic heterocycles. The highest BCUT2D eigenvalue weighted by Crippen LogP contribution is 2.48. The van der Waals surface area contributed by atoms with E-state index in [1.54, 1.807) is 11.3 Å². The quantitative estimate of drug-likeness (QED) is 0.223. The molecule has 150 valence electrons. The van der Waals surface area contributed by atoms with Gasteiger partial charge in [-0.15, -0.1) is 17.8 Å². The molecule has 0 atom stereocenters. The average molecular weight is 425 g/mol. The predicted octanol–water partition coefficient (Wildman–Crippen LogP) is 7.74. The fourth-order valence-corrected chi connectivity index (χ4v) is 6.08. The molecule has 0 fully saturated rings. The van der Waals surface area contributed by atoms with E-state index in [0.29, 0.717) is 0 Å². The molecule has 0 radical (unpaired) electrons. The first kappa shape index (κ1) is 18.9. The molecule has 6 rings (SSSR count). The zero-order chi connectivity index (χ0) is 21.9. The minimum atomic E-state index is -0.00709. The van der Waals surface area contributed by atoms with Gasteiger partial charge in [0, 0.05) is 37.6 Å². The van der Waals surface area contributed by atoms with Gasteiger partial charge in [-0.25, -0.2) is 0 Å². The lowest BCUT2D eigenvalue weighted by atomic mass is 9.82. The third-order valence-corrected chi connectivity index (χ3v) is 7.81. The molecule has 0 saturated carbocycles. The summed E-state index contributed by atoms with van der Waals surface area (Å²) in [5.41, 5.74) is 8.43. The summed E-state index contributed by atoms with van der Waals surface area (Å²) in [6.07, 6.45) is 5.70. The fourth-order valence-electron chi connectivity index (χ4n) is 4.92. The smallest absolute Gasteiger partial charge is 0.0511 e. The second-order valence-corrected chi connectivity index (χ2v) is 9.87. The molecule has 0 unspecified atom stereocenters. The molecule has 0 spiro atoms. The van der Waals surface area contributed by atoms with Crippen molar-refractivity contribution in [3.8, 4) is 35.3 Å². The summed E-state index contributed by atoms with van der Waals surface area (Å²) < 4.78 is 2.42. The second kappa shape index (κ2) is 6.86. The zero-order valence-electron chi connectivity index (χ0n) is 18.0. The lowest BCUT2D eigenvalue weighted by Crippen LogP contribution is -2.14. The lowest BCUT2D eigenvalue weighted by Gasteiger charge is -2.21. The first-order valence-electron chi connectivity index (χ1n) is 10.7. The summed E-state index contributed by atoms with van der Waals surface area (Å²) >= 11 is 1.75. The highest BCUT2D eigenvalue weighted by atomic mass is 32.1. The molecule has 1 heterocycles. The Hall–Kier alpha value is -3.78. The van der Waals surface area contributed by atoms with Crippen LogP contribution in [0.3, 0.4) is 0 Å². The van der Waals surface area contributed by atoms with Crippen LogP contribution in [0.4, 0.5) is 0 Å². The highest BCUT2D eigenvalue weighted by molar-refractivity contribution is 7.26. The van der Waals surface area contributed by atoms with Crippen molar-refractivity contribution in [1.29, 1.82) is 0 Å². The monoisotopic (exact) mass is 424 g/mol. The van der Waals surface area contributed by atoms with Crippen molar-refractivity contribution in [3.05, 3.63) is 107 Å². The van der Waals surface area contributed by atoms with Gasteiger partial charge in [0.05, 0.1) is 4.70 Å². The number of terminal acetylenes is 1. The largest absolute Gasteiger partial charge is 0.134 e. The number of benzene rings is 4. The maximum atomic E-state index is 5.70. The van der Waals surface area contributed by atoms with E-state index in [9.17, 15) is 0 Å². The Morgan fingerprint density at radius 3 is 2.31 bits per heavy atom. The van der Waals surface area contributed by atoms with Crippen LogP contribution in [0.15, 0.2) is 78.9 Å². The number of fused-ring (bicyclic) bond motifs is 6. The van der Waals surface area contributed by atoms with Gasteiger partial charge in [-0.2, -0.15) is 0 Å². The van der Waals surface area contributed by atoms with Gasteiger partial charge in [0.25, 0.3) is 0 Å². The van der Waals surface area contributed by atoms with Crippen molar-refractivity contribution < 1.29 is 0 Å². The SMILES string of the molecule is C#Cc1cccc2c1sc1ccc(C#Cc3ccc4c(c3)C(C)(C)c3ccccc3-4)cc12. The van der Waals surface area contributed by atoms with E-state index >= 15 is 0 Å². The van der Waals surface area contributed by atoms with E-state index in [2.05, 4.69) is 98.3 Å². The second-order valence-electron chi connectivity index (χ2n) is 8.82. The standard InChI is InChI=1S/C31H20S/c1-4-22-8-7-10-25-26-18-20(15-17-29(26)32-30(22)25)12-13-21-14-16-24-23-9-5-6-11-27(23)31(2,3)28(24)19-21/h1,5-11,14-19H,2-3H3. The predicted molar refractivity (Wildman–Crippen MR) is 137 cm³/mol. The minimum Gasteiger partial charge on any atom is -0.134 e. The first-order valence-corrected chi connectivity index (χ1v) is 11.6. The summed E-state index contributed by atoms with van der Waals surface area (Å²) in [6, 6.07) is 28.0. The molecule has 32 heavy (non-hydrogen) atoms. The molecule has 0 amide bonds. The molecule has 1 aliphatic carbocycles. The normalized spacial score (nSPS) is 13.3. The first-order chi connectivity index (χ1) is 15.6. The fraction of sp³-hybridized carbons (Fsp3) is 0.0968. The Balaban J connectivity index is 1.42. The Bertz CT molecular complexity index is 1660. The number of hydrogen-bond acceptors (Lipinski definition) is 1. The molecule has 0 saturated heterocycles. The zero-order valence-corrected chi connectivity index (χ0v) is 18.8. The van der Waals surface area contributed by atoms with E-state index in [1.807, 2.05) is 12.1 Å². The molecular weight excluding hydrogens is 404 g/mol. The van der Waals surface area contributed by atoms with Gasteiger partial charge in [0.2, 0.25) is 0 Å². The maximum Gasteiger partial charge on any atom is 0.0511 e. The molecule has 4 aromatic carbocycles. The van der Waals surface area contributed by atoms with Crippen LogP contribution >= 0.6 is 11.3 Å². The van der Waals surface area contributed by atoms with Gasteiger partial charge >= 0.3 is 0 Å². The van der Waals surface area contributed by atoms with Crippen LogP contribution in [0, 0.1) is 24.2 Å². The van der Waals surface area contributed by atoms with E-state index < -0.39 is 0 Å². The van der Waals surface area contributed by atoms with Crippen LogP contribution in [-0.2, 0) is 5.41 Å².